The van der Waals surface area contributed by atoms with Gasteiger partial charge in [-0.15, -0.1) is 0 Å². The molecular formula is C22H33N6O10P. The summed E-state index contributed by atoms with van der Waals surface area (Å²) in [6, 6.07) is 0. The maximum atomic E-state index is 14.2. The van der Waals surface area contributed by atoms with E-state index in [4.69, 9.17) is 14.0 Å². The first-order chi connectivity index (χ1) is 18.3. The van der Waals surface area contributed by atoms with E-state index in [0.717, 1.165) is 4.57 Å². The lowest BCUT2D eigenvalue weighted by atomic mass is 10.2. The molecule has 2 aromatic heterocycles. The molecule has 0 amide bonds. The Balaban J connectivity index is 1.54. The number of nitrogens with one attached hydrogen (secondary N) is 2. The Labute approximate surface area is 221 Å². The van der Waals surface area contributed by atoms with Gasteiger partial charge in [0.25, 0.3) is 11.1 Å². The molecule has 0 aliphatic carbocycles. The summed E-state index contributed by atoms with van der Waals surface area (Å²) in [4.78, 5) is 52.6. The second kappa shape index (κ2) is 11.4. The highest BCUT2D eigenvalue weighted by atomic mass is 31.2. The van der Waals surface area contributed by atoms with Gasteiger partial charge in [0.15, 0.2) is 6.23 Å². The predicted molar refractivity (Wildman–Crippen MR) is 136 cm³/mol. The quantitative estimate of drug-likeness (QED) is 0.260. The Bertz CT molecular complexity index is 1480. The zero-order valence-electron chi connectivity index (χ0n) is 22.0. The molecule has 0 saturated carbocycles. The molecule has 0 radical (unpaired) electrons. The maximum absolute atomic E-state index is 14.2. The summed E-state index contributed by atoms with van der Waals surface area (Å²) >= 11 is 0. The van der Waals surface area contributed by atoms with Gasteiger partial charge in [-0.2, -0.15) is 0 Å². The molecule has 0 bridgehead atoms. The fourth-order valence-corrected chi connectivity index (χ4v) is 6.49. The number of nitrogens with zero attached hydrogens (tertiary/aromatic N) is 4. The molecule has 2 aromatic rings. The Morgan fingerprint density at radius 3 is 2.10 bits per heavy atom. The number of rotatable bonds is 8. The maximum Gasteiger partial charge on any atom is 0.345 e. The van der Waals surface area contributed by atoms with E-state index in [-0.39, 0.29) is 31.7 Å². The molecule has 2 saturated heterocycles. The fourth-order valence-electron chi connectivity index (χ4n) is 4.52. The summed E-state index contributed by atoms with van der Waals surface area (Å²) in [5, 5.41) is 20.4. The first-order valence-corrected chi connectivity index (χ1v) is 13.8. The van der Waals surface area contributed by atoms with Crippen LogP contribution in [0.15, 0.2) is 31.6 Å². The largest absolute Gasteiger partial charge is 0.394 e. The number of hydrogen-bond donors (Lipinski definition) is 4. The number of hydrogen-bond acceptors (Lipinski definition) is 10. The van der Waals surface area contributed by atoms with Gasteiger partial charge in [-0.05, 0) is 27.9 Å². The van der Waals surface area contributed by atoms with E-state index in [1.165, 1.54) is 54.2 Å². The van der Waals surface area contributed by atoms with Gasteiger partial charge in [-0.25, -0.2) is 18.9 Å². The summed E-state index contributed by atoms with van der Waals surface area (Å²) < 4.78 is 36.9. The third-order valence-corrected chi connectivity index (χ3v) is 9.26. The second-order valence-electron chi connectivity index (χ2n) is 9.79. The average molecular weight is 573 g/mol. The molecule has 0 aromatic carbocycles. The van der Waals surface area contributed by atoms with E-state index in [1.807, 2.05) is 0 Å². The molecule has 2 aliphatic heterocycles. The molecule has 0 spiro atoms. The minimum atomic E-state index is -3.83. The number of ether oxygens (including phenoxy) is 2. The van der Waals surface area contributed by atoms with Crippen LogP contribution in [0.3, 0.4) is 0 Å². The lowest BCUT2D eigenvalue weighted by Crippen LogP contribution is -2.50. The molecule has 2 aliphatic rings. The van der Waals surface area contributed by atoms with Crippen molar-refractivity contribution in [1.29, 1.82) is 0 Å². The number of aromatic nitrogens is 4. The van der Waals surface area contributed by atoms with Crippen molar-refractivity contribution in [2.24, 2.45) is 0 Å². The third kappa shape index (κ3) is 5.93. The highest BCUT2D eigenvalue weighted by Crippen LogP contribution is 2.54. The Morgan fingerprint density at radius 1 is 1.00 bits per heavy atom. The van der Waals surface area contributed by atoms with Crippen LogP contribution < -0.4 is 22.5 Å². The van der Waals surface area contributed by atoms with Crippen molar-refractivity contribution >= 4 is 7.67 Å². The van der Waals surface area contributed by atoms with E-state index in [1.54, 1.807) is 0 Å². The molecule has 16 nitrogen and oxygen atoms in total. The highest BCUT2D eigenvalue weighted by molar-refractivity contribution is 7.53. The molecule has 17 heteroatoms. The van der Waals surface area contributed by atoms with Crippen LogP contribution in [0, 0.1) is 13.8 Å². The summed E-state index contributed by atoms with van der Waals surface area (Å²) in [7, 11) is -0.756. The number of aliphatic hydroxyl groups excluding tert-OH is 2. The summed E-state index contributed by atoms with van der Waals surface area (Å²) in [5.41, 5.74) is -1.92. The summed E-state index contributed by atoms with van der Waals surface area (Å²) in [6.07, 6.45) is -2.00. The van der Waals surface area contributed by atoms with Crippen molar-refractivity contribution in [3.05, 3.63) is 65.2 Å². The zero-order chi connectivity index (χ0) is 28.6. The number of aryl methyl sites for hydroxylation is 2. The minimum absolute atomic E-state index is 0.00228. The van der Waals surface area contributed by atoms with Crippen LogP contribution in [0.2, 0.25) is 0 Å². The predicted octanol–water partition coefficient (Wildman–Crippen LogP) is -1.77. The van der Waals surface area contributed by atoms with Gasteiger partial charge in [-0.1, -0.05) is 0 Å². The normalized spacial score (nSPS) is 27.6. The zero-order valence-corrected chi connectivity index (χ0v) is 22.9. The Kier molecular flexibility index (Phi) is 8.58. The number of morpholine rings is 1. The van der Waals surface area contributed by atoms with E-state index >= 15 is 0 Å². The smallest absolute Gasteiger partial charge is 0.345 e. The molecule has 4 heterocycles. The lowest BCUT2D eigenvalue weighted by molar-refractivity contribution is -0.123. The third-order valence-electron chi connectivity index (χ3n) is 6.72. The number of H-pyrrole nitrogens is 2. The first-order valence-electron chi connectivity index (χ1n) is 12.3. The van der Waals surface area contributed by atoms with Crippen molar-refractivity contribution < 1.29 is 28.8 Å². The van der Waals surface area contributed by atoms with Crippen LogP contribution in [-0.2, 0) is 18.6 Å². The van der Waals surface area contributed by atoms with Gasteiger partial charge < -0.3 is 24.2 Å². The van der Waals surface area contributed by atoms with Crippen LogP contribution in [0.1, 0.15) is 30.0 Å². The van der Waals surface area contributed by atoms with Gasteiger partial charge in [0, 0.05) is 36.5 Å². The molecule has 216 valence electrons. The van der Waals surface area contributed by atoms with Crippen LogP contribution in [-0.4, -0.2) is 97.4 Å². The molecular weight excluding hydrogens is 539 g/mol. The van der Waals surface area contributed by atoms with Gasteiger partial charge in [0.2, 0.25) is 0 Å². The molecule has 39 heavy (non-hydrogen) atoms. The van der Waals surface area contributed by atoms with Crippen LogP contribution in [0.25, 0.3) is 0 Å². The van der Waals surface area contributed by atoms with E-state index < -0.39 is 67.5 Å². The average Bonchev–Trinajstić information content (AvgIpc) is 3.26. The van der Waals surface area contributed by atoms with Crippen LogP contribution >= 0.6 is 7.67 Å². The molecule has 4 rings (SSSR count). The van der Waals surface area contributed by atoms with E-state index in [0.29, 0.717) is 5.56 Å². The SMILES string of the molecule is Cc1cn(C2CN(P(=O)(OCC3O[C@@H](n4cc(C)c(=O)[nH]c4=O)C[C@@H]3O)N(C)C)C[C@@H](CO)O2)c(=O)[nH]c1=O. The summed E-state index contributed by atoms with van der Waals surface area (Å²) in [5.74, 6) is 0. The Morgan fingerprint density at radius 2 is 1.56 bits per heavy atom. The van der Waals surface area contributed by atoms with Crippen molar-refractivity contribution in [3.8, 4) is 0 Å². The molecule has 6 atom stereocenters. The lowest BCUT2D eigenvalue weighted by Gasteiger charge is -2.42. The second-order valence-corrected chi connectivity index (χ2v) is 12.4. The van der Waals surface area contributed by atoms with Gasteiger partial charge >= 0.3 is 19.0 Å². The molecule has 4 N–H and O–H groups in total. The monoisotopic (exact) mass is 572 g/mol. The van der Waals surface area contributed by atoms with Crippen molar-refractivity contribution in [2.45, 2.75) is 51.0 Å². The number of aromatic amines is 2. The fraction of sp³-hybridized carbons (Fsp3) is 0.636. The number of aliphatic hydroxyl groups is 2. The standard InChI is InChI=1S/C22H33N6O10P/c1-12-6-27(21(33)23-19(12)31)17-5-15(30)16(38-17)11-36-39(35,25(3)4)26-8-14(10-29)37-18(9-26)28-7-13(2)20(32)24-22(28)34/h6-7,14-18,29-30H,5,8-11H2,1-4H3,(H,23,31,33)(H,24,32,34)/t14-,15-,16?,17+,18?,39?/m0/s1. The van der Waals surface area contributed by atoms with Gasteiger partial charge in [0.1, 0.15) is 12.3 Å². The topological polar surface area (TPSA) is 201 Å². The highest BCUT2D eigenvalue weighted by Gasteiger charge is 2.44. The first kappa shape index (κ1) is 29.3. The van der Waals surface area contributed by atoms with Crippen LogP contribution in [0.4, 0.5) is 0 Å². The molecule has 2 fully saturated rings. The van der Waals surface area contributed by atoms with Gasteiger partial charge in [0.05, 0.1) is 32.0 Å². The van der Waals surface area contributed by atoms with Crippen LogP contribution in [0.5, 0.6) is 0 Å². The Hall–Kier alpha value is -2.69. The van der Waals surface area contributed by atoms with E-state index in [9.17, 15) is 34.0 Å². The van der Waals surface area contributed by atoms with Gasteiger partial charge in [-0.3, -0.25) is 33.3 Å². The molecule has 3 unspecified atom stereocenters. The summed E-state index contributed by atoms with van der Waals surface area (Å²) in [6.45, 7) is 2.23. The van der Waals surface area contributed by atoms with Crippen molar-refractivity contribution in [3.63, 3.8) is 0 Å². The van der Waals surface area contributed by atoms with E-state index in [2.05, 4.69) is 9.97 Å². The van der Waals surface area contributed by atoms with Crippen molar-refractivity contribution in [2.75, 3.05) is 40.4 Å². The van der Waals surface area contributed by atoms with Crippen molar-refractivity contribution in [1.82, 2.24) is 28.4 Å². The minimum Gasteiger partial charge on any atom is -0.394 e.